The summed E-state index contributed by atoms with van der Waals surface area (Å²) in [7, 11) is 0. The van der Waals surface area contributed by atoms with Crippen LogP contribution in [-0.4, -0.2) is 10.1 Å². The molecule has 1 aromatic heterocycles. The number of aromatic nitrogens is 2. The summed E-state index contributed by atoms with van der Waals surface area (Å²) >= 11 is 0. The SMILES string of the molecule is CCC(N)c1noc(-c2ccc(C)cc2F)n1. The van der Waals surface area contributed by atoms with Crippen LogP contribution >= 0.6 is 0 Å². The Morgan fingerprint density at radius 1 is 1.47 bits per heavy atom. The summed E-state index contributed by atoms with van der Waals surface area (Å²) < 4.78 is 18.7. The van der Waals surface area contributed by atoms with Crippen LogP contribution in [0.4, 0.5) is 4.39 Å². The molecule has 0 amide bonds. The lowest BCUT2D eigenvalue weighted by Gasteiger charge is -2.00. The lowest BCUT2D eigenvalue weighted by molar-refractivity contribution is 0.413. The fraction of sp³-hybridized carbons (Fsp3) is 0.333. The zero-order valence-electron chi connectivity index (χ0n) is 9.77. The van der Waals surface area contributed by atoms with E-state index in [1.54, 1.807) is 12.1 Å². The molecule has 0 aliphatic rings. The molecule has 0 fully saturated rings. The smallest absolute Gasteiger partial charge is 0.260 e. The standard InChI is InChI=1S/C12H14FN3O/c1-3-10(14)11-15-12(17-16-11)8-5-4-7(2)6-9(8)13/h4-6,10H,3,14H2,1-2H3. The minimum atomic E-state index is -0.370. The van der Waals surface area contributed by atoms with E-state index in [9.17, 15) is 4.39 Å². The molecule has 2 rings (SSSR count). The van der Waals surface area contributed by atoms with Gasteiger partial charge in [0.1, 0.15) is 5.82 Å². The highest BCUT2D eigenvalue weighted by Gasteiger charge is 2.16. The second-order valence-corrected chi connectivity index (χ2v) is 3.96. The molecule has 1 heterocycles. The molecular formula is C12H14FN3O. The predicted molar refractivity (Wildman–Crippen MR) is 61.6 cm³/mol. The van der Waals surface area contributed by atoms with Crippen LogP contribution in [0.25, 0.3) is 11.5 Å². The van der Waals surface area contributed by atoms with E-state index in [0.29, 0.717) is 17.8 Å². The topological polar surface area (TPSA) is 64.9 Å². The van der Waals surface area contributed by atoms with E-state index in [1.807, 2.05) is 13.8 Å². The van der Waals surface area contributed by atoms with Crippen molar-refractivity contribution in [3.05, 3.63) is 35.4 Å². The van der Waals surface area contributed by atoms with E-state index in [1.165, 1.54) is 6.07 Å². The fourth-order valence-electron chi connectivity index (χ4n) is 1.47. The van der Waals surface area contributed by atoms with E-state index >= 15 is 0 Å². The number of hydrogen-bond donors (Lipinski definition) is 1. The number of benzene rings is 1. The Morgan fingerprint density at radius 2 is 2.24 bits per heavy atom. The van der Waals surface area contributed by atoms with Crippen molar-refractivity contribution in [2.45, 2.75) is 26.3 Å². The molecule has 0 saturated carbocycles. The van der Waals surface area contributed by atoms with Gasteiger partial charge in [-0.1, -0.05) is 18.1 Å². The van der Waals surface area contributed by atoms with E-state index in [4.69, 9.17) is 10.3 Å². The normalized spacial score (nSPS) is 12.7. The number of halogens is 1. The van der Waals surface area contributed by atoms with Crippen molar-refractivity contribution in [3.63, 3.8) is 0 Å². The van der Waals surface area contributed by atoms with Crippen LogP contribution in [0.5, 0.6) is 0 Å². The molecule has 17 heavy (non-hydrogen) atoms. The Labute approximate surface area is 98.6 Å². The summed E-state index contributed by atoms with van der Waals surface area (Å²) in [4.78, 5) is 4.10. The van der Waals surface area contributed by atoms with Gasteiger partial charge in [0.2, 0.25) is 0 Å². The number of hydrogen-bond acceptors (Lipinski definition) is 4. The van der Waals surface area contributed by atoms with Crippen LogP contribution in [-0.2, 0) is 0 Å². The number of nitrogens with two attached hydrogens (primary N) is 1. The molecule has 2 N–H and O–H groups in total. The van der Waals surface area contributed by atoms with Gasteiger partial charge < -0.3 is 10.3 Å². The Balaban J connectivity index is 2.37. The lowest BCUT2D eigenvalue weighted by Crippen LogP contribution is -2.10. The van der Waals surface area contributed by atoms with Crippen LogP contribution in [0.15, 0.2) is 22.7 Å². The van der Waals surface area contributed by atoms with Crippen molar-refractivity contribution in [2.24, 2.45) is 5.73 Å². The molecule has 2 aromatic rings. The lowest BCUT2D eigenvalue weighted by atomic mass is 10.1. The van der Waals surface area contributed by atoms with Crippen molar-refractivity contribution in [2.75, 3.05) is 0 Å². The van der Waals surface area contributed by atoms with Gasteiger partial charge in [0, 0.05) is 0 Å². The van der Waals surface area contributed by atoms with Gasteiger partial charge in [-0.05, 0) is 31.0 Å². The van der Waals surface area contributed by atoms with Crippen molar-refractivity contribution in [1.82, 2.24) is 10.1 Å². The van der Waals surface area contributed by atoms with Crippen LogP contribution in [0.2, 0.25) is 0 Å². The average molecular weight is 235 g/mol. The van der Waals surface area contributed by atoms with Gasteiger partial charge >= 0.3 is 0 Å². The van der Waals surface area contributed by atoms with Crippen molar-refractivity contribution < 1.29 is 8.91 Å². The molecule has 0 saturated heterocycles. The summed E-state index contributed by atoms with van der Waals surface area (Å²) in [5.74, 6) is 0.203. The predicted octanol–water partition coefficient (Wildman–Crippen LogP) is 2.59. The van der Waals surface area contributed by atoms with Gasteiger partial charge in [-0.15, -0.1) is 0 Å². The minimum Gasteiger partial charge on any atom is -0.334 e. The minimum absolute atomic E-state index is 0.168. The number of rotatable bonds is 3. The molecule has 90 valence electrons. The third kappa shape index (κ3) is 2.34. The van der Waals surface area contributed by atoms with E-state index in [-0.39, 0.29) is 17.7 Å². The average Bonchev–Trinajstić information content (AvgIpc) is 2.77. The summed E-state index contributed by atoms with van der Waals surface area (Å²) in [6.07, 6.45) is 0.704. The summed E-state index contributed by atoms with van der Waals surface area (Å²) in [6.45, 7) is 3.74. The first-order valence-electron chi connectivity index (χ1n) is 5.47. The van der Waals surface area contributed by atoms with Crippen LogP contribution < -0.4 is 5.73 Å². The highest BCUT2D eigenvalue weighted by molar-refractivity contribution is 5.54. The Kier molecular flexibility index (Phi) is 3.19. The number of nitrogens with zero attached hydrogens (tertiary/aromatic N) is 2. The maximum Gasteiger partial charge on any atom is 0.260 e. The van der Waals surface area contributed by atoms with Gasteiger partial charge in [-0.25, -0.2) is 4.39 Å². The third-order valence-corrected chi connectivity index (χ3v) is 2.57. The molecule has 0 aliphatic carbocycles. The van der Waals surface area contributed by atoms with E-state index in [0.717, 1.165) is 5.56 Å². The molecular weight excluding hydrogens is 221 g/mol. The maximum absolute atomic E-state index is 13.7. The van der Waals surface area contributed by atoms with Gasteiger partial charge in [-0.3, -0.25) is 0 Å². The van der Waals surface area contributed by atoms with Crippen molar-refractivity contribution in [3.8, 4) is 11.5 Å². The quantitative estimate of drug-likeness (QED) is 0.888. The summed E-state index contributed by atoms with van der Waals surface area (Å²) in [5, 5.41) is 3.75. The van der Waals surface area contributed by atoms with Gasteiger partial charge in [0.25, 0.3) is 5.89 Å². The van der Waals surface area contributed by atoms with Crippen LogP contribution in [0.1, 0.15) is 30.8 Å². The monoisotopic (exact) mass is 235 g/mol. The van der Waals surface area contributed by atoms with Gasteiger partial charge in [0.05, 0.1) is 11.6 Å². The molecule has 0 bridgehead atoms. The van der Waals surface area contributed by atoms with E-state index < -0.39 is 0 Å². The first kappa shape index (κ1) is 11.7. The molecule has 5 heteroatoms. The van der Waals surface area contributed by atoms with Gasteiger partial charge in [-0.2, -0.15) is 4.98 Å². The van der Waals surface area contributed by atoms with Gasteiger partial charge in [0.15, 0.2) is 5.82 Å². The number of aryl methyl sites for hydroxylation is 1. The molecule has 4 nitrogen and oxygen atoms in total. The third-order valence-electron chi connectivity index (χ3n) is 2.57. The van der Waals surface area contributed by atoms with Crippen molar-refractivity contribution in [1.29, 1.82) is 0 Å². The fourth-order valence-corrected chi connectivity index (χ4v) is 1.47. The van der Waals surface area contributed by atoms with Crippen LogP contribution in [0.3, 0.4) is 0 Å². The Hall–Kier alpha value is -1.75. The molecule has 1 atom stereocenters. The molecule has 1 unspecified atom stereocenters. The zero-order valence-corrected chi connectivity index (χ0v) is 9.77. The molecule has 0 aliphatic heterocycles. The first-order valence-corrected chi connectivity index (χ1v) is 5.47. The second-order valence-electron chi connectivity index (χ2n) is 3.96. The van der Waals surface area contributed by atoms with Crippen molar-refractivity contribution >= 4 is 0 Å². The zero-order chi connectivity index (χ0) is 12.4. The highest BCUT2D eigenvalue weighted by Crippen LogP contribution is 2.23. The molecule has 0 spiro atoms. The highest BCUT2D eigenvalue weighted by atomic mass is 19.1. The maximum atomic E-state index is 13.7. The summed E-state index contributed by atoms with van der Waals surface area (Å²) in [5.41, 5.74) is 6.92. The Morgan fingerprint density at radius 3 is 2.88 bits per heavy atom. The molecule has 1 aromatic carbocycles. The summed E-state index contributed by atoms with van der Waals surface area (Å²) in [6, 6.07) is 4.57. The first-order chi connectivity index (χ1) is 8.11. The van der Waals surface area contributed by atoms with E-state index in [2.05, 4.69) is 10.1 Å². The molecule has 0 radical (unpaired) electrons. The second kappa shape index (κ2) is 4.63. The Bertz CT molecular complexity index is 524. The largest absolute Gasteiger partial charge is 0.334 e. The van der Waals surface area contributed by atoms with Crippen LogP contribution in [0, 0.1) is 12.7 Å².